The van der Waals surface area contributed by atoms with E-state index in [1.807, 2.05) is 0 Å². The lowest BCUT2D eigenvalue weighted by atomic mass is 9.93. The zero-order valence-electron chi connectivity index (χ0n) is 10.1. The van der Waals surface area contributed by atoms with E-state index in [4.69, 9.17) is 9.47 Å². The molecule has 0 aromatic rings. The molecule has 1 aliphatic rings. The van der Waals surface area contributed by atoms with Crippen LogP contribution in [-0.2, 0) is 14.3 Å². The summed E-state index contributed by atoms with van der Waals surface area (Å²) in [6, 6.07) is 0. The molecule has 8 nitrogen and oxygen atoms in total. The van der Waals surface area contributed by atoms with Gasteiger partial charge < -0.3 is 35.0 Å². The highest BCUT2D eigenvalue weighted by atomic mass is 16.7. The van der Waals surface area contributed by atoms with Crippen LogP contribution in [-0.4, -0.2) is 68.0 Å². The molecule has 0 radical (unpaired) electrons. The predicted octanol–water partition coefficient (Wildman–Crippen LogP) is -2.55. The van der Waals surface area contributed by atoms with Crippen molar-refractivity contribution < 1.29 is 39.8 Å². The molecule has 4 unspecified atom stereocenters. The molecule has 1 aliphatic heterocycles. The zero-order chi connectivity index (χ0) is 14.1. The lowest BCUT2D eigenvalue weighted by molar-refractivity contribution is -0.378. The van der Waals surface area contributed by atoms with Gasteiger partial charge >= 0.3 is 5.97 Å². The van der Waals surface area contributed by atoms with E-state index >= 15 is 0 Å². The van der Waals surface area contributed by atoms with Crippen LogP contribution in [0.25, 0.3) is 0 Å². The molecule has 5 N–H and O–H groups in total. The second-order valence-corrected chi connectivity index (χ2v) is 4.48. The summed E-state index contributed by atoms with van der Waals surface area (Å²) in [5.74, 6) is -3.69. The van der Waals surface area contributed by atoms with Crippen LogP contribution in [0.3, 0.4) is 0 Å². The van der Waals surface area contributed by atoms with Gasteiger partial charge in [-0.1, -0.05) is 0 Å². The van der Waals surface area contributed by atoms with Crippen LogP contribution in [0.15, 0.2) is 0 Å². The average molecular weight is 266 g/mol. The molecule has 8 heteroatoms. The minimum atomic E-state index is -2.96. The molecule has 18 heavy (non-hydrogen) atoms. The van der Waals surface area contributed by atoms with Gasteiger partial charge in [-0.3, -0.25) is 4.79 Å². The second-order valence-electron chi connectivity index (χ2n) is 4.48. The molecule has 106 valence electrons. The first-order chi connectivity index (χ1) is 8.16. The molecule has 0 aromatic carbocycles. The molecule has 1 fully saturated rings. The van der Waals surface area contributed by atoms with E-state index in [-0.39, 0.29) is 6.10 Å². The van der Waals surface area contributed by atoms with Gasteiger partial charge in [-0.25, -0.2) is 0 Å². The minimum absolute atomic E-state index is 0.373. The highest BCUT2D eigenvalue weighted by Gasteiger charge is 2.54. The Bertz CT molecular complexity index is 302. The second kappa shape index (κ2) is 5.47. The fourth-order valence-corrected chi connectivity index (χ4v) is 1.62. The maximum Gasteiger partial charge on any atom is 0.308 e. The standard InChI is InChI=1S/C10H18O8/c1-4(2)17-6(11)3-5-7(12)10(15,16)8(13)9(14)18-5/h4-5,7-9,12-16H,3H2,1-2H3. The number of esters is 1. The SMILES string of the molecule is CC(C)OC(=O)CC1OC(O)C(O)C(O)(O)C1O. The molecule has 4 atom stereocenters. The number of hydrogen-bond donors (Lipinski definition) is 5. The minimum Gasteiger partial charge on any atom is -0.463 e. The van der Waals surface area contributed by atoms with Crippen molar-refractivity contribution in [3.05, 3.63) is 0 Å². The fourth-order valence-electron chi connectivity index (χ4n) is 1.62. The summed E-state index contributed by atoms with van der Waals surface area (Å²) >= 11 is 0. The van der Waals surface area contributed by atoms with Gasteiger partial charge in [0.15, 0.2) is 12.4 Å². The van der Waals surface area contributed by atoms with Gasteiger partial charge in [0.1, 0.15) is 12.2 Å². The first kappa shape index (κ1) is 15.3. The van der Waals surface area contributed by atoms with Crippen molar-refractivity contribution in [2.75, 3.05) is 0 Å². The molecule has 0 aromatic heterocycles. The average Bonchev–Trinajstić information content (AvgIpc) is 2.22. The molecule has 1 rings (SSSR count). The fraction of sp³-hybridized carbons (Fsp3) is 0.900. The van der Waals surface area contributed by atoms with E-state index in [9.17, 15) is 30.3 Å². The van der Waals surface area contributed by atoms with Gasteiger partial charge in [-0.15, -0.1) is 0 Å². The Morgan fingerprint density at radius 1 is 1.28 bits per heavy atom. The molecule has 0 bridgehead atoms. The Kier molecular flexibility index (Phi) is 4.65. The third kappa shape index (κ3) is 3.16. The quantitative estimate of drug-likeness (QED) is 0.278. The van der Waals surface area contributed by atoms with Crippen LogP contribution in [0.4, 0.5) is 0 Å². The normalized spacial score (nSPS) is 35.6. The van der Waals surface area contributed by atoms with Gasteiger partial charge in [0.2, 0.25) is 5.79 Å². The summed E-state index contributed by atoms with van der Waals surface area (Å²) in [4.78, 5) is 11.3. The Morgan fingerprint density at radius 2 is 1.83 bits per heavy atom. The van der Waals surface area contributed by atoms with E-state index in [0.29, 0.717) is 0 Å². The van der Waals surface area contributed by atoms with Gasteiger partial charge in [0.05, 0.1) is 12.5 Å². The van der Waals surface area contributed by atoms with Crippen LogP contribution in [0.1, 0.15) is 20.3 Å². The maximum atomic E-state index is 11.3. The van der Waals surface area contributed by atoms with Crippen LogP contribution in [0, 0.1) is 0 Å². The predicted molar refractivity (Wildman–Crippen MR) is 55.9 cm³/mol. The molecule has 0 saturated carbocycles. The molecule has 0 amide bonds. The number of rotatable bonds is 3. The van der Waals surface area contributed by atoms with Crippen molar-refractivity contribution in [1.82, 2.24) is 0 Å². The topological polar surface area (TPSA) is 137 Å². The monoisotopic (exact) mass is 266 g/mol. The Hall–Kier alpha value is -0.770. The Balaban J connectivity index is 2.69. The smallest absolute Gasteiger partial charge is 0.308 e. The lowest BCUT2D eigenvalue weighted by Gasteiger charge is -2.43. The highest BCUT2D eigenvalue weighted by Crippen LogP contribution is 2.28. The van der Waals surface area contributed by atoms with Crippen LogP contribution < -0.4 is 0 Å². The molecule has 1 saturated heterocycles. The number of ether oxygens (including phenoxy) is 2. The van der Waals surface area contributed by atoms with Gasteiger partial charge in [0, 0.05) is 0 Å². The van der Waals surface area contributed by atoms with Crippen molar-refractivity contribution >= 4 is 5.97 Å². The van der Waals surface area contributed by atoms with Gasteiger partial charge in [-0.2, -0.15) is 0 Å². The number of carbonyl (C=O) groups excluding carboxylic acids is 1. The number of aliphatic hydroxyl groups excluding tert-OH is 3. The summed E-state index contributed by atoms with van der Waals surface area (Å²) in [7, 11) is 0. The van der Waals surface area contributed by atoms with E-state index < -0.39 is 42.8 Å². The van der Waals surface area contributed by atoms with Crippen molar-refractivity contribution in [3.8, 4) is 0 Å². The van der Waals surface area contributed by atoms with Crippen LogP contribution in [0.5, 0.6) is 0 Å². The molecule has 0 spiro atoms. The van der Waals surface area contributed by atoms with Crippen molar-refractivity contribution in [3.63, 3.8) is 0 Å². The van der Waals surface area contributed by atoms with E-state index in [1.54, 1.807) is 13.8 Å². The number of hydrogen-bond acceptors (Lipinski definition) is 8. The molecule has 1 heterocycles. The first-order valence-electron chi connectivity index (χ1n) is 5.50. The van der Waals surface area contributed by atoms with Gasteiger partial charge in [0.25, 0.3) is 0 Å². The first-order valence-corrected chi connectivity index (χ1v) is 5.50. The Labute approximate surface area is 103 Å². The largest absolute Gasteiger partial charge is 0.463 e. The molecular weight excluding hydrogens is 248 g/mol. The van der Waals surface area contributed by atoms with Crippen LogP contribution >= 0.6 is 0 Å². The summed E-state index contributed by atoms with van der Waals surface area (Å²) in [6.07, 6.45) is -8.20. The lowest BCUT2D eigenvalue weighted by Crippen LogP contribution is -2.66. The van der Waals surface area contributed by atoms with Crippen molar-refractivity contribution in [2.24, 2.45) is 0 Å². The third-order valence-corrected chi connectivity index (χ3v) is 2.54. The van der Waals surface area contributed by atoms with E-state index in [0.717, 1.165) is 0 Å². The summed E-state index contributed by atoms with van der Waals surface area (Å²) in [6.45, 7) is 3.24. The van der Waals surface area contributed by atoms with E-state index in [2.05, 4.69) is 0 Å². The van der Waals surface area contributed by atoms with Crippen molar-refractivity contribution in [1.29, 1.82) is 0 Å². The molecular formula is C10H18O8. The highest BCUT2D eigenvalue weighted by molar-refractivity contribution is 5.70. The summed E-state index contributed by atoms with van der Waals surface area (Å²) < 4.78 is 9.53. The number of aliphatic hydroxyl groups is 5. The third-order valence-electron chi connectivity index (χ3n) is 2.54. The number of carbonyl (C=O) groups is 1. The Morgan fingerprint density at radius 3 is 2.33 bits per heavy atom. The van der Waals surface area contributed by atoms with Crippen molar-refractivity contribution in [2.45, 2.75) is 56.8 Å². The molecule has 0 aliphatic carbocycles. The summed E-state index contributed by atoms with van der Waals surface area (Å²) in [5, 5.41) is 46.8. The van der Waals surface area contributed by atoms with Crippen LogP contribution in [0.2, 0.25) is 0 Å². The maximum absolute atomic E-state index is 11.3. The zero-order valence-corrected chi connectivity index (χ0v) is 10.1. The summed E-state index contributed by atoms with van der Waals surface area (Å²) in [5.41, 5.74) is 0. The van der Waals surface area contributed by atoms with Gasteiger partial charge in [-0.05, 0) is 13.8 Å². The van der Waals surface area contributed by atoms with E-state index in [1.165, 1.54) is 0 Å².